The zero-order valence-electron chi connectivity index (χ0n) is 8.20. The first-order valence-corrected chi connectivity index (χ1v) is 4.38. The Hall–Kier alpha value is -1.62. The van der Waals surface area contributed by atoms with Gasteiger partial charge in [0.15, 0.2) is 11.6 Å². The molecule has 4 nitrogen and oxygen atoms in total. The molecule has 0 amide bonds. The molecule has 0 fully saturated rings. The van der Waals surface area contributed by atoms with Crippen LogP contribution in [0.5, 0.6) is 5.75 Å². The number of phenolic OH excluding ortho intramolecular Hbond substituents is 1. The van der Waals surface area contributed by atoms with Gasteiger partial charge in [-0.3, -0.25) is 4.79 Å². The minimum Gasteiger partial charge on any atom is -0.505 e. The monoisotopic (exact) mass is 213 g/mol. The SMILES string of the molecule is Cc1cc(O)c(F)cc1C(N)CC(=O)O. The maximum atomic E-state index is 13.0. The predicted octanol–water partition coefficient (Wildman–Crippen LogP) is 1.31. The highest BCUT2D eigenvalue weighted by Crippen LogP contribution is 2.25. The fourth-order valence-corrected chi connectivity index (χ4v) is 1.38. The zero-order chi connectivity index (χ0) is 11.6. The summed E-state index contributed by atoms with van der Waals surface area (Å²) >= 11 is 0. The minimum atomic E-state index is -1.05. The van der Waals surface area contributed by atoms with Gasteiger partial charge in [-0.2, -0.15) is 0 Å². The highest BCUT2D eigenvalue weighted by molar-refractivity contribution is 5.68. The maximum Gasteiger partial charge on any atom is 0.305 e. The number of aromatic hydroxyl groups is 1. The lowest BCUT2D eigenvalue weighted by Gasteiger charge is -2.13. The normalized spacial score (nSPS) is 12.5. The van der Waals surface area contributed by atoms with E-state index in [0.29, 0.717) is 11.1 Å². The van der Waals surface area contributed by atoms with Gasteiger partial charge in [-0.05, 0) is 30.2 Å². The van der Waals surface area contributed by atoms with E-state index in [9.17, 15) is 9.18 Å². The Labute approximate surface area is 86.1 Å². The molecule has 1 aromatic rings. The van der Waals surface area contributed by atoms with Crippen LogP contribution in [0.2, 0.25) is 0 Å². The Kier molecular flexibility index (Phi) is 3.26. The topological polar surface area (TPSA) is 83.5 Å². The van der Waals surface area contributed by atoms with Crippen LogP contribution in [0.1, 0.15) is 23.6 Å². The van der Waals surface area contributed by atoms with Crippen LogP contribution >= 0.6 is 0 Å². The van der Waals surface area contributed by atoms with Crippen molar-refractivity contribution in [2.45, 2.75) is 19.4 Å². The van der Waals surface area contributed by atoms with Gasteiger partial charge in [0, 0.05) is 6.04 Å². The average Bonchev–Trinajstić information content (AvgIpc) is 2.09. The molecule has 1 atom stereocenters. The third-order valence-electron chi connectivity index (χ3n) is 2.13. The van der Waals surface area contributed by atoms with Crippen molar-refractivity contribution in [2.24, 2.45) is 5.73 Å². The molecule has 0 radical (unpaired) electrons. The van der Waals surface area contributed by atoms with E-state index in [2.05, 4.69) is 0 Å². The van der Waals surface area contributed by atoms with Crippen LogP contribution in [0.3, 0.4) is 0 Å². The Morgan fingerprint density at radius 3 is 2.73 bits per heavy atom. The zero-order valence-corrected chi connectivity index (χ0v) is 8.20. The highest BCUT2D eigenvalue weighted by atomic mass is 19.1. The number of aliphatic carboxylic acids is 1. The molecule has 15 heavy (non-hydrogen) atoms. The summed E-state index contributed by atoms with van der Waals surface area (Å²) < 4.78 is 13.0. The largest absolute Gasteiger partial charge is 0.505 e. The van der Waals surface area contributed by atoms with Crippen LogP contribution in [-0.4, -0.2) is 16.2 Å². The van der Waals surface area contributed by atoms with Crippen molar-refractivity contribution in [1.29, 1.82) is 0 Å². The summed E-state index contributed by atoms with van der Waals surface area (Å²) in [6, 6.07) is 1.53. The summed E-state index contributed by atoms with van der Waals surface area (Å²) in [6.07, 6.45) is -0.273. The molecule has 1 rings (SSSR count). The molecular weight excluding hydrogens is 201 g/mol. The third-order valence-corrected chi connectivity index (χ3v) is 2.13. The van der Waals surface area contributed by atoms with Gasteiger partial charge in [-0.15, -0.1) is 0 Å². The van der Waals surface area contributed by atoms with Crippen molar-refractivity contribution in [3.63, 3.8) is 0 Å². The van der Waals surface area contributed by atoms with Crippen LogP contribution in [0.15, 0.2) is 12.1 Å². The number of carboxylic acids is 1. The first kappa shape index (κ1) is 11.5. The molecular formula is C10H12FNO3. The number of halogens is 1. The van der Waals surface area contributed by atoms with Crippen LogP contribution in [0, 0.1) is 12.7 Å². The molecule has 0 aromatic heterocycles. The van der Waals surface area contributed by atoms with Gasteiger partial charge in [0.2, 0.25) is 0 Å². The van der Waals surface area contributed by atoms with E-state index in [1.807, 2.05) is 0 Å². The predicted molar refractivity (Wildman–Crippen MR) is 52.0 cm³/mol. The Morgan fingerprint density at radius 2 is 2.20 bits per heavy atom. The summed E-state index contributed by atoms with van der Waals surface area (Å²) in [5.74, 6) is -2.30. The van der Waals surface area contributed by atoms with E-state index >= 15 is 0 Å². The third kappa shape index (κ3) is 2.66. The first-order valence-electron chi connectivity index (χ1n) is 4.38. The molecule has 82 valence electrons. The molecule has 4 N–H and O–H groups in total. The smallest absolute Gasteiger partial charge is 0.305 e. The number of carbonyl (C=O) groups is 1. The van der Waals surface area contributed by atoms with E-state index in [0.717, 1.165) is 6.07 Å². The molecule has 5 heteroatoms. The summed E-state index contributed by atoms with van der Waals surface area (Å²) in [4.78, 5) is 10.4. The van der Waals surface area contributed by atoms with Gasteiger partial charge in [-0.25, -0.2) is 4.39 Å². The van der Waals surface area contributed by atoms with Crippen molar-refractivity contribution in [3.8, 4) is 5.75 Å². The lowest BCUT2D eigenvalue weighted by atomic mass is 9.99. The molecule has 1 aromatic carbocycles. The molecule has 0 aliphatic heterocycles. The molecule has 0 bridgehead atoms. The second-order valence-electron chi connectivity index (χ2n) is 3.36. The fraction of sp³-hybridized carbons (Fsp3) is 0.300. The second-order valence-corrected chi connectivity index (χ2v) is 3.36. The van der Waals surface area contributed by atoms with Crippen molar-refractivity contribution >= 4 is 5.97 Å². The Morgan fingerprint density at radius 1 is 1.60 bits per heavy atom. The van der Waals surface area contributed by atoms with Gasteiger partial charge in [-0.1, -0.05) is 0 Å². The number of benzene rings is 1. The summed E-state index contributed by atoms with van der Waals surface area (Å²) in [7, 11) is 0. The lowest BCUT2D eigenvalue weighted by Crippen LogP contribution is -2.16. The van der Waals surface area contributed by atoms with Crippen molar-refractivity contribution in [2.75, 3.05) is 0 Å². The molecule has 0 spiro atoms. The Bertz CT molecular complexity index is 392. The molecule has 0 aliphatic carbocycles. The maximum absolute atomic E-state index is 13.0. The van der Waals surface area contributed by atoms with Crippen LogP contribution in [0.25, 0.3) is 0 Å². The van der Waals surface area contributed by atoms with Crippen molar-refractivity contribution in [3.05, 3.63) is 29.1 Å². The summed E-state index contributed by atoms with van der Waals surface area (Å²) in [5, 5.41) is 17.6. The molecule has 1 unspecified atom stereocenters. The Balaban J connectivity index is 3.03. The van der Waals surface area contributed by atoms with Gasteiger partial charge >= 0.3 is 5.97 Å². The highest BCUT2D eigenvalue weighted by Gasteiger charge is 2.15. The molecule has 0 saturated carbocycles. The number of hydrogen-bond donors (Lipinski definition) is 3. The number of aryl methyl sites for hydroxylation is 1. The van der Waals surface area contributed by atoms with Gasteiger partial charge in [0.05, 0.1) is 6.42 Å². The number of rotatable bonds is 3. The minimum absolute atomic E-state index is 0.273. The molecule has 0 heterocycles. The fourth-order valence-electron chi connectivity index (χ4n) is 1.38. The first-order chi connectivity index (χ1) is 6.91. The second kappa shape index (κ2) is 4.27. The van der Waals surface area contributed by atoms with E-state index < -0.39 is 23.6 Å². The number of nitrogens with two attached hydrogens (primary N) is 1. The van der Waals surface area contributed by atoms with Crippen molar-refractivity contribution < 1.29 is 19.4 Å². The van der Waals surface area contributed by atoms with Gasteiger partial charge in [0.1, 0.15) is 0 Å². The molecule has 0 aliphatic rings. The van der Waals surface area contributed by atoms with Gasteiger partial charge < -0.3 is 15.9 Å². The lowest BCUT2D eigenvalue weighted by molar-refractivity contribution is -0.137. The standard InChI is InChI=1S/C10H12FNO3/c1-5-2-9(13)7(11)3-6(5)8(12)4-10(14)15/h2-3,8,13H,4,12H2,1H3,(H,14,15). The average molecular weight is 213 g/mol. The number of hydrogen-bond acceptors (Lipinski definition) is 3. The van der Waals surface area contributed by atoms with E-state index in [1.165, 1.54) is 6.07 Å². The van der Waals surface area contributed by atoms with Crippen LogP contribution in [0.4, 0.5) is 4.39 Å². The molecule has 0 saturated heterocycles. The van der Waals surface area contributed by atoms with Crippen molar-refractivity contribution in [1.82, 2.24) is 0 Å². The number of carboxylic acid groups (broad SMARTS) is 1. The van der Waals surface area contributed by atoms with E-state index in [4.69, 9.17) is 15.9 Å². The van der Waals surface area contributed by atoms with Crippen LogP contribution in [-0.2, 0) is 4.79 Å². The van der Waals surface area contributed by atoms with E-state index in [1.54, 1.807) is 6.92 Å². The quantitative estimate of drug-likeness (QED) is 0.706. The number of phenols is 1. The van der Waals surface area contributed by atoms with E-state index in [-0.39, 0.29) is 6.42 Å². The van der Waals surface area contributed by atoms with Crippen LogP contribution < -0.4 is 5.73 Å². The van der Waals surface area contributed by atoms with Gasteiger partial charge in [0.25, 0.3) is 0 Å². The summed E-state index contributed by atoms with van der Waals surface area (Å²) in [5.41, 5.74) is 6.55. The summed E-state index contributed by atoms with van der Waals surface area (Å²) in [6.45, 7) is 1.64.